The molecule has 1 aromatic heterocycles. The molecule has 0 saturated heterocycles. The molecular weight excluding hydrogens is 450 g/mol. The van der Waals surface area contributed by atoms with Crippen LogP contribution in [0.4, 0.5) is 0 Å². The van der Waals surface area contributed by atoms with Gasteiger partial charge in [0, 0.05) is 48.8 Å². The summed E-state index contributed by atoms with van der Waals surface area (Å²) in [4.78, 5) is 38.3. The van der Waals surface area contributed by atoms with E-state index in [0.717, 1.165) is 62.6 Å². The SMILES string of the molecule is CC(=O)c1ccnc(OC2CCC(C)CC(CCC(=O)c3ccccc3CC3CCN=CC=N3)C2)c1. The van der Waals surface area contributed by atoms with Crippen molar-refractivity contribution in [3.05, 3.63) is 59.3 Å². The first-order valence-electron chi connectivity index (χ1n) is 13.2. The van der Waals surface area contributed by atoms with Crippen molar-refractivity contribution in [2.24, 2.45) is 21.8 Å². The van der Waals surface area contributed by atoms with Gasteiger partial charge in [0.25, 0.3) is 0 Å². The van der Waals surface area contributed by atoms with Crippen LogP contribution in [0.3, 0.4) is 0 Å². The van der Waals surface area contributed by atoms with Crippen LogP contribution in [0, 0.1) is 11.8 Å². The standard InChI is InChI=1S/C30H37N3O3/c1-21-7-9-27(36-30-20-24(22(2)34)11-14-33-30)18-23(17-21)8-10-29(35)28-6-4-3-5-25(28)19-26-12-13-31-15-16-32-26/h3-6,11,14-16,20-21,23,26-27H,7-10,12-13,17-19H2,1-2H3. The molecule has 1 aromatic carbocycles. The molecule has 0 spiro atoms. The van der Waals surface area contributed by atoms with Crippen molar-refractivity contribution in [3.8, 4) is 5.88 Å². The number of aromatic nitrogens is 1. The number of pyridine rings is 1. The van der Waals surface area contributed by atoms with Crippen LogP contribution >= 0.6 is 0 Å². The molecule has 1 aliphatic carbocycles. The number of Topliss-reactive ketones (excluding diaryl/α,β-unsaturated/α-hetero) is 2. The Labute approximate surface area is 214 Å². The smallest absolute Gasteiger partial charge is 0.214 e. The number of ketones is 2. The highest BCUT2D eigenvalue weighted by Gasteiger charge is 2.26. The third-order valence-corrected chi connectivity index (χ3v) is 7.36. The van der Waals surface area contributed by atoms with E-state index >= 15 is 0 Å². The molecule has 1 saturated carbocycles. The molecule has 0 amide bonds. The molecule has 0 N–H and O–H groups in total. The molecule has 1 fully saturated rings. The van der Waals surface area contributed by atoms with Crippen LogP contribution in [0.5, 0.6) is 5.88 Å². The second-order valence-electron chi connectivity index (χ2n) is 10.3. The molecule has 6 nitrogen and oxygen atoms in total. The Morgan fingerprint density at radius 1 is 1.06 bits per heavy atom. The Bertz CT molecular complexity index is 1110. The van der Waals surface area contributed by atoms with Gasteiger partial charge in [-0.2, -0.15) is 0 Å². The first-order valence-corrected chi connectivity index (χ1v) is 13.2. The maximum absolute atomic E-state index is 13.3. The second-order valence-corrected chi connectivity index (χ2v) is 10.3. The molecule has 36 heavy (non-hydrogen) atoms. The summed E-state index contributed by atoms with van der Waals surface area (Å²) in [6.07, 6.45) is 12.4. The van der Waals surface area contributed by atoms with E-state index < -0.39 is 0 Å². The monoisotopic (exact) mass is 487 g/mol. The predicted molar refractivity (Wildman–Crippen MR) is 144 cm³/mol. The summed E-state index contributed by atoms with van der Waals surface area (Å²) in [5.74, 6) is 1.75. The van der Waals surface area contributed by atoms with Gasteiger partial charge in [0.2, 0.25) is 5.88 Å². The molecule has 4 atom stereocenters. The summed E-state index contributed by atoms with van der Waals surface area (Å²) in [6.45, 7) is 4.62. The number of hydrogen-bond donors (Lipinski definition) is 0. The highest BCUT2D eigenvalue weighted by molar-refractivity contribution is 6.16. The second kappa shape index (κ2) is 12.7. The molecule has 2 aromatic rings. The van der Waals surface area contributed by atoms with Crippen molar-refractivity contribution >= 4 is 24.0 Å². The van der Waals surface area contributed by atoms with Gasteiger partial charge in [0.15, 0.2) is 11.6 Å². The lowest BCUT2D eigenvalue weighted by Crippen LogP contribution is -2.20. The van der Waals surface area contributed by atoms with E-state index in [1.54, 1.807) is 37.7 Å². The lowest BCUT2D eigenvalue weighted by molar-refractivity contribution is 0.0962. The average molecular weight is 488 g/mol. The van der Waals surface area contributed by atoms with E-state index in [4.69, 9.17) is 4.74 Å². The molecule has 2 aliphatic rings. The van der Waals surface area contributed by atoms with Gasteiger partial charge in [-0.3, -0.25) is 19.6 Å². The van der Waals surface area contributed by atoms with Crippen molar-refractivity contribution in [2.75, 3.05) is 6.54 Å². The molecule has 0 bridgehead atoms. The fourth-order valence-corrected chi connectivity index (χ4v) is 5.38. The van der Waals surface area contributed by atoms with E-state index in [9.17, 15) is 9.59 Å². The number of nitrogens with zero attached hydrogens (tertiary/aromatic N) is 3. The van der Waals surface area contributed by atoms with Crippen LogP contribution in [0.15, 0.2) is 52.6 Å². The fourth-order valence-electron chi connectivity index (χ4n) is 5.38. The predicted octanol–water partition coefficient (Wildman–Crippen LogP) is 5.98. The largest absolute Gasteiger partial charge is 0.474 e. The van der Waals surface area contributed by atoms with Crippen molar-refractivity contribution in [1.29, 1.82) is 0 Å². The summed E-state index contributed by atoms with van der Waals surface area (Å²) in [5, 5.41) is 0. The number of ether oxygens (including phenoxy) is 1. The van der Waals surface area contributed by atoms with Crippen LogP contribution < -0.4 is 4.74 Å². The van der Waals surface area contributed by atoms with Gasteiger partial charge in [-0.15, -0.1) is 0 Å². The van der Waals surface area contributed by atoms with Gasteiger partial charge in [-0.25, -0.2) is 4.98 Å². The quantitative estimate of drug-likeness (QED) is 0.322. The average Bonchev–Trinajstić information content (AvgIpc) is 3.23. The van der Waals surface area contributed by atoms with Gasteiger partial charge in [-0.1, -0.05) is 31.2 Å². The van der Waals surface area contributed by atoms with E-state index in [1.165, 1.54) is 0 Å². The van der Waals surface area contributed by atoms with Crippen LogP contribution in [-0.4, -0.2) is 47.7 Å². The van der Waals surface area contributed by atoms with E-state index in [0.29, 0.717) is 29.7 Å². The number of carbonyl (C=O) groups excluding carboxylic acids is 2. The summed E-state index contributed by atoms with van der Waals surface area (Å²) < 4.78 is 6.24. The Kier molecular flexibility index (Phi) is 9.15. The molecule has 4 unspecified atom stereocenters. The van der Waals surface area contributed by atoms with Crippen LogP contribution in [-0.2, 0) is 6.42 Å². The third kappa shape index (κ3) is 7.42. The molecule has 0 radical (unpaired) electrons. The molecular formula is C30H37N3O3. The normalized spacial score (nSPS) is 24.1. The van der Waals surface area contributed by atoms with Crippen LogP contribution in [0.25, 0.3) is 0 Å². The van der Waals surface area contributed by atoms with Crippen molar-refractivity contribution in [2.45, 2.75) is 77.4 Å². The summed E-state index contributed by atoms with van der Waals surface area (Å²) in [5.41, 5.74) is 2.53. The number of aliphatic imine (C=N–C) groups is 2. The summed E-state index contributed by atoms with van der Waals surface area (Å²) in [7, 11) is 0. The van der Waals surface area contributed by atoms with Crippen molar-refractivity contribution in [1.82, 2.24) is 4.98 Å². The van der Waals surface area contributed by atoms with Crippen molar-refractivity contribution < 1.29 is 14.3 Å². The molecule has 6 heteroatoms. The van der Waals surface area contributed by atoms with E-state index in [2.05, 4.69) is 28.0 Å². The first-order chi connectivity index (χ1) is 17.5. The van der Waals surface area contributed by atoms with Gasteiger partial charge in [-0.05, 0) is 75.3 Å². The fraction of sp³-hybridized carbons (Fsp3) is 0.500. The summed E-state index contributed by atoms with van der Waals surface area (Å²) in [6, 6.07) is 11.6. The number of carbonyl (C=O) groups is 2. The Morgan fingerprint density at radius 3 is 2.78 bits per heavy atom. The molecule has 2 heterocycles. The highest BCUT2D eigenvalue weighted by Crippen LogP contribution is 2.33. The minimum atomic E-state index is 0.00703. The Balaban J connectivity index is 1.37. The maximum Gasteiger partial charge on any atom is 0.214 e. The lowest BCUT2D eigenvalue weighted by Gasteiger charge is -2.21. The molecule has 1 aliphatic heterocycles. The Morgan fingerprint density at radius 2 is 1.92 bits per heavy atom. The minimum absolute atomic E-state index is 0.00703. The van der Waals surface area contributed by atoms with Gasteiger partial charge >= 0.3 is 0 Å². The van der Waals surface area contributed by atoms with Gasteiger partial charge in [0.05, 0.1) is 6.04 Å². The molecule has 4 rings (SSSR count). The van der Waals surface area contributed by atoms with Crippen LogP contribution in [0.1, 0.15) is 85.1 Å². The maximum atomic E-state index is 13.3. The third-order valence-electron chi connectivity index (χ3n) is 7.36. The zero-order valence-electron chi connectivity index (χ0n) is 21.4. The first kappa shape index (κ1) is 25.9. The van der Waals surface area contributed by atoms with E-state index in [-0.39, 0.29) is 23.7 Å². The van der Waals surface area contributed by atoms with E-state index in [1.807, 2.05) is 18.2 Å². The number of rotatable bonds is 9. The minimum Gasteiger partial charge on any atom is -0.474 e. The van der Waals surface area contributed by atoms with Gasteiger partial charge in [0.1, 0.15) is 6.10 Å². The molecule has 190 valence electrons. The Hall–Kier alpha value is -3.15. The number of hydrogen-bond acceptors (Lipinski definition) is 6. The number of benzene rings is 1. The lowest BCUT2D eigenvalue weighted by atomic mass is 9.88. The van der Waals surface area contributed by atoms with Crippen molar-refractivity contribution in [3.63, 3.8) is 0 Å². The topological polar surface area (TPSA) is 81.0 Å². The van der Waals surface area contributed by atoms with Crippen LogP contribution in [0.2, 0.25) is 0 Å². The summed E-state index contributed by atoms with van der Waals surface area (Å²) >= 11 is 0. The van der Waals surface area contributed by atoms with Gasteiger partial charge < -0.3 is 4.74 Å². The zero-order valence-corrected chi connectivity index (χ0v) is 21.4. The zero-order chi connectivity index (χ0) is 25.3. The highest BCUT2D eigenvalue weighted by atomic mass is 16.5.